The zero-order chi connectivity index (χ0) is 12.6. The van der Waals surface area contributed by atoms with Crippen LogP contribution in [0.3, 0.4) is 0 Å². The molecule has 0 radical (unpaired) electrons. The molecular formula is C7H6F4N2O2S. The van der Waals surface area contributed by atoms with Gasteiger partial charge < -0.3 is 5.43 Å². The number of nitrogens with one attached hydrogen (secondary N) is 1. The largest absolute Gasteiger partial charge is 0.501 e. The predicted octanol–water partition coefficient (Wildman–Crippen LogP) is 1.40. The summed E-state index contributed by atoms with van der Waals surface area (Å²) in [6.45, 7) is 0. The summed E-state index contributed by atoms with van der Waals surface area (Å²) in [5.41, 5.74) is -4.28. The van der Waals surface area contributed by atoms with Crippen molar-refractivity contribution in [3.63, 3.8) is 0 Å². The van der Waals surface area contributed by atoms with E-state index in [0.29, 0.717) is 0 Å². The van der Waals surface area contributed by atoms with Gasteiger partial charge in [0, 0.05) is 0 Å². The van der Waals surface area contributed by atoms with E-state index >= 15 is 0 Å². The van der Waals surface area contributed by atoms with Crippen molar-refractivity contribution in [3.8, 4) is 0 Å². The van der Waals surface area contributed by atoms with Gasteiger partial charge in [-0.15, -0.1) is 0 Å². The number of nitrogen functional groups attached to an aromatic ring is 1. The van der Waals surface area contributed by atoms with Crippen LogP contribution in [0.25, 0.3) is 0 Å². The molecule has 0 aromatic heterocycles. The molecule has 0 aliphatic heterocycles. The molecule has 1 rings (SSSR count). The minimum atomic E-state index is -5.62. The van der Waals surface area contributed by atoms with Crippen molar-refractivity contribution in [1.82, 2.24) is 0 Å². The fourth-order valence-corrected chi connectivity index (χ4v) is 1.90. The van der Waals surface area contributed by atoms with Crippen molar-refractivity contribution in [3.05, 3.63) is 24.0 Å². The first-order valence-electron chi connectivity index (χ1n) is 3.77. The molecule has 0 unspecified atom stereocenters. The van der Waals surface area contributed by atoms with E-state index in [1.165, 1.54) is 0 Å². The van der Waals surface area contributed by atoms with Crippen LogP contribution < -0.4 is 11.3 Å². The normalized spacial score (nSPS) is 12.6. The minimum Gasteiger partial charge on any atom is -0.323 e. The van der Waals surface area contributed by atoms with E-state index in [-0.39, 0.29) is 6.07 Å². The first-order chi connectivity index (χ1) is 7.20. The molecule has 0 amide bonds. The van der Waals surface area contributed by atoms with E-state index in [4.69, 9.17) is 5.84 Å². The van der Waals surface area contributed by atoms with Gasteiger partial charge in [-0.25, -0.2) is 12.8 Å². The molecule has 0 fully saturated rings. The lowest BCUT2D eigenvalue weighted by molar-refractivity contribution is -0.0435. The van der Waals surface area contributed by atoms with Crippen LogP contribution in [-0.4, -0.2) is 13.9 Å². The maximum atomic E-state index is 12.7. The summed E-state index contributed by atoms with van der Waals surface area (Å²) in [5, 5.41) is 0. The Labute approximate surface area is 87.9 Å². The second-order valence-corrected chi connectivity index (χ2v) is 4.64. The lowest BCUT2D eigenvalue weighted by Crippen LogP contribution is -2.25. The van der Waals surface area contributed by atoms with Gasteiger partial charge in [0.25, 0.3) is 9.84 Å². The molecular weight excluding hydrogens is 252 g/mol. The van der Waals surface area contributed by atoms with Gasteiger partial charge in [0.2, 0.25) is 0 Å². The van der Waals surface area contributed by atoms with E-state index in [0.717, 1.165) is 12.1 Å². The van der Waals surface area contributed by atoms with Crippen molar-refractivity contribution in [2.24, 2.45) is 5.84 Å². The first-order valence-corrected chi connectivity index (χ1v) is 5.26. The molecule has 0 heterocycles. The van der Waals surface area contributed by atoms with Crippen LogP contribution in [0.1, 0.15) is 0 Å². The van der Waals surface area contributed by atoms with Gasteiger partial charge in [0.1, 0.15) is 10.7 Å². The first kappa shape index (κ1) is 12.7. The summed E-state index contributed by atoms with van der Waals surface area (Å²) in [4.78, 5) is -1.25. The molecule has 16 heavy (non-hydrogen) atoms. The summed E-state index contributed by atoms with van der Waals surface area (Å²) in [7, 11) is -5.62. The Bertz CT molecular complexity index is 498. The predicted molar refractivity (Wildman–Crippen MR) is 47.5 cm³/mol. The number of hydrazine groups is 1. The average Bonchev–Trinajstić information content (AvgIpc) is 2.16. The third-order valence-electron chi connectivity index (χ3n) is 1.69. The summed E-state index contributed by atoms with van der Waals surface area (Å²) < 4.78 is 71.3. The van der Waals surface area contributed by atoms with Gasteiger partial charge in [-0.3, -0.25) is 5.84 Å². The van der Waals surface area contributed by atoms with E-state index in [1.807, 2.05) is 0 Å². The molecule has 4 nitrogen and oxygen atoms in total. The van der Waals surface area contributed by atoms with Crippen molar-refractivity contribution in [2.75, 3.05) is 5.43 Å². The van der Waals surface area contributed by atoms with Crippen LogP contribution in [0, 0.1) is 5.82 Å². The van der Waals surface area contributed by atoms with Crippen molar-refractivity contribution >= 4 is 15.5 Å². The Morgan fingerprint density at radius 2 is 1.81 bits per heavy atom. The van der Waals surface area contributed by atoms with Gasteiger partial charge >= 0.3 is 5.51 Å². The molecule has 1 aromatic rings. The van der Waals surface area contributed by atoms with Crippen LogP contribution in [-0.2, 0) is 9.84 Å². The van der Waals surface area contributed by atoms with Crippen molar-refractivity contribution < 1.29 is 26.0 Å². The summed E-state index contributed by atoms with van der Waals surface area (Å²) in [6.07, 6.45) is 0. The second kappa shape index (κ2) is 3.91. The molecule has 0 bridgehead atoms. The van der Waals surface area contributed by atoms with Crippen LogP contribution in [0.4, 0.5) is 23.2 Å². The standard InChI is InChI=1S/C7H6F4N2O2S/c8-4-1-2-5(13-12)6(3-4)16(14,15)7(9,10)11/h1-3,13H,12H2. The lowest BCUT2D eigenvalue weighted by Gasteiger charge is -2.11. The average molecular weight is 258 g/mol. The quantitative estimate of drug-likeness (QED) is 0.478. The lowest BCUT2D eigenvalue weighted by atomic mass is 10.3. The molecule has 9 heteroatoms. The zero-order valence-electron chi connectivity index (χ0n) is 7.55. The molecule has 0 saturated carbocycles. The number of hydrogen-bond acceptors (Lipinski definition) is 4. The topological polar surface area (TPSA) is 72.2 Å². The van der Waals surface area contributed by atoms with Gasteiger partial charge in [-0.1, -0.05) is 0 Å². The van der Waals surface area contributed by atoms with E-state index in [1.54, 1.807) is 5.43 Å². The van der Waals surface area contributed by atoms with E-state index in [2.05, 4.69) is 0 Å². The Kier molecular flexibility index (Phi) is 3.10. The number of hydrogen-bond donors (Lipinski definition) is 2. The number of anilines is 1. The smallest absolute Gasteiger partial charge is 0.323 e. The van der Waals surface area contributed by atoms with Gasteiger partial charge in [-0.05, 0) is 18.2 Å². The number of nitrogens with two attached hydrogens (primary N) is 1. The third-order valence-corrected chi connectivity index (χ3v) is 3.22. The highest BCUT2D eigenvalue weighted by molar-refractivity contribution is 7.92. The van der Waals surface area contributed by atoms with Gasteiger partial charge in [0.05, 0.1) is 5.69 Å². The summed E-state index contributed by atoms with van der Waals surface area (Å²) in [5.74, 6) is 3.73. The van der Waals surface area contributed by atoms with Crippen LogP contribution in [0.5, 0.6) is 0 Å². The maximum Gasteiger partial charge on any atom is 0.501 e. The highest BCUT2D eigenvalue weighted by Crippen LogP contribution is 2.34. The molecule has 3 N–H and O–H groups in total. The van der Waals surface area contributed by atoms with Gasteiger partial charge in [-0.2, -0.15) is 13.2 Å². The highest BCUT2D eigenvalue weighted by atomic mass is 32.2. The van der Waals surface area contributed by atoms with E-state index < -0.39 is 31.7 Å². The number of alkyl halides is 3. The van der Waals surface area contributed by atoms with Crippen LogP contribution >= 0.6 is 0 Å². The molecule has 0 saturated heterocycles. The minimum absolute atomic E-state index is 0.248. The fraction of sp³-hybridized carbons (Fsp3) is 0.143. The third kappa shape index (κ3) is 2.09. The molecule has 0 aliphatic carbocycles. The second-order valence-electron chi connectivity index (χ2n) is 2.73. The Hall–Kier alpha value is -1.35. The number of halogens is 4. The van der Waals surface area contributed by atoms with Crippen LogP contribution in [0.15, 0.2) is 23.1 Å². The Morgan fingerprint density at radius 1 is 1.25 bits per heavy atom. The summed E-state index contributed by atoms with van der Waals surface area (Å²) in [6, 6.07) is 1.83. The molecule has 1 aromatic carbocycles. The number of benzene rings is 1. The zero-order valence-corrected chi connectivity index (χ0v) is 8.36. The SMILES string of the molecule is NNc1ccc(F)cc1S(=O)(=O)C(F)(F)F. The molecule has 90 valence electrons. The Morgan fingerprint density at radius 3 is 2.25 bits per heavy atom. The van der Waals surface area contributed by atoms with Crippen molar-refractivity contribution in [2.45, 2.75) is 10.4 Å². The molecule has 0 atom stereocenters. The molecule has 0 spiro atoms. The van der Waals surface area contributed by atoms with Crippen LogP contribution in [0.2, 0.25) is 0 Å². The van der Waals surface area contributed by atoms with Gasteiger partial charge in [0.15, 0.2) is 0 Å². The molecule has 0 aliphatic rings. The highest BCUT2D eigenvalue weighted by Gasteiger charge is 2.48. The number of rotatable bonds is 2. The number of sulfone groups is 1. The van der Waals surface area contributed by atoms with E-state index in [9.17, 15) is 26.0 Å². The fourth-order valence-electron chi connectivity index (χ4n) is 0.962. The maximum absolute atomic E-state index is 12.7. The summed E-state index contributed by atoms with van der Waals surface area (Å²) >= 11 is 0. The van der Waals surface area contributed by atoms with Crippen molar-refractivity contribution in [1.29, 1.82) is 0 Å². The Balaban J connectivity index is 3.50. The monoisotopic (exact) mass is 258 g/mol.